The molecular weight excluding hydrogens is 432 g/mol. The second-order valence-corrected chi connectivity index (χ2v) is 9.67. The Bertz CT molecular complexity index is 1310. The van der Waals surface area contributed by atoms with Crippen molar-refractivity contribution >= 4 is 28.3 Å². The van der Waals surface area contributed by atoms with Gasteiger partial charge in [0, 0.05) is 17.0 Å². The standard InChI is InChI=1S/C29H27ClO3/c1-29(2,3)23-12-13-25(26(30)17-23)21-11-14-27(33-18-28(31)32)22(16-21)15-20-9-6-8-19-7-4-5-10-24(19)20/h4-14,16-17H,15,18H2,1-3H3,(H,31,32). The van der Waals surface area contributed by atoms with Crippen molar-refractivity contribution in [1.29, 1.82) is 0 Å². The van der Waals surface area contributed by atoms with Gasteiger partial charge >= 0.3 is 5.97 Å². The minimum absolute atomic E-state index is 0.0101. The van der Waals surface area contributed by atoms with E-state index >= 15 is 0 Å². The lowest BCUT2D eigenvalue weighted by atomic mass is 9.86. The maximum Gasteiger partial charge on any atom is 0.341 e. The van der Waals surface area contributed by atoms with Crippen LogP contribution in [0.15, 0.2) is 78.9 Å². The molecule has 0 aliphatic carbocycles. The molecule has 33 heavy (non-hydrogen) atoms. The Morgan fingerprint density at radius 2 is 1.67 bits per heavy atom. The van der Waals surface area contributed by atoms with E-state index in [0.717, 1.165) is 22.3 Å². The average Bonchev–Trinajstić information content (AvgIpc) is 2.78. The Balaban J connectivity index is 1.77. The van der Waals surface area contributed by atoms with Crippen LogP contribution in [0.25, 0.3) is 21.9 Å². The molecule has 0 bridgehead atoms. The summed E-state index contributed by atoms with van der Waals surface area (Å²) >= 11 is 6.69. The molecule has 3 nitrogen and oxygen atoms in total. The molecule has 0 unspecified atom stereocenters. The second kappa shape index (κ2) is 9.29. The maximum atomic E-state index is 11.1. The first-order chi connectivity index (χ1) is 15.7. The number of hydrogen-bond donors (Lipinski definition) is 1. The van der Waals surface area contributed by atoms with E-state index in [1.54, 1.807) is 0 Å². The lowest BCUT2D eigenvalue weighted by Crippen LogP contribution is -2.11. The number of carboxylic acids is 1. The smallest absolute Gasteiger partial charge is 0.341 e. The van der Waals surface area contributed by atoms with Crippen molar-refractivity contribution in [2.75, 3.05) is 6.61 Å². The molecule has 0 amide bonds. The fourth-order valence-corrected chi connectivity index (χ4v) is 4.32. The zero-order valence-electron chi connectivity index (χ0n) is 19.1. The SMILES string of the molecule is CC(C)(C)c1ccc(-c2ccc(OCC(=O)O)c(Cc3cccc4ccccc34)c2)c(Cl)c1. The van der Waals surface area contributed by atoms with Gasteiger partial charge < -0.3 is 9.84 Å². The van der Waals surface area contributed by atoms with E-state index in [9.17, 15) is 4.79 Å². The highest BCUT2D eigenvalue weighted by Crippen LogP contribution is 2.36. The number of carboxylic acid groups (broad SMARTS) is 1. The van der Waals surface area contributed by atoms with Gasteiger partial charge in [-0.2, -0.15) is 0 Å². The van der Waals surface area contributed by atoms with Gasteiger partial charge in [-0.25, -0.2) is 4.79 Å². The van der Waals surface area contributed by atoms with E-state index in [0.29, 0.717) is 17.2 Å². The topological polar surface area (TPSA) is 46.5 Å². The quantitative estimate of drug-likeness (QED) is 0.325. The molecule has 0 saturated carbocycles. The fourth-order valence-electron chi connectivity index (χ4n) is 4.03. The molecule has 0 spiro atoms. The third kappa shape index (κ3) is 5.20. The minimum atomic E-state index is -1.00. The summed E-state index contributed by atoms with van der Waals surface area (Å²) in [5.74, 6) is -0.437. The Hall–Kier alpha value is -3.30. The van der Waals surface area contributed by atoms with Crippen LogP contribution < -0.4 is 4.74 Å². The summed E-state index contributed by atoms with van der Waals surface area (Å²) in [5.41, 5.74) is 5.16. The molecule has 168 valence electrons. The summed E-state index contributed by atoms with van der Waals surface area (Å²) in [6.45, 7) is 6.10. The van der Waals surface area contributed by atoms with E-state index in [1.807, 2.05) is 36.4 Å². The lowest BCUT2D eigenvalue weighted by molar-refractivity contribution is -0.139. The molecule has 4 heteroatoms. The first-order valence-corrected chi connectivity index (χ1v) is 11.3. The molecule has 0 fully saturated rings. The molecule has 0 radical (unpaired) electrons. The van der Waals surface area contributed by atoms with Gasteiger partial charge in [0.25, 0.3) is 0 Å². The van der Waals surface area contributed by atoms with Gasteiger partial charge in [-0.3, -0.25) is 0 Å². The van der Waals surface area contributed by atoms with Crippen LogP contribution in [0.2, 0.25) is 5.02 Å². The number of benzene rings is 4. The summed E-state index contributed by atoms with van der Waals surface area (Å²) in [4.78, 5) is 11.1. The summed E-state index contributed by atoms with van der Waals surface area (Å²) < 4.78 is 5.64. The van der Waals surface area contributed by atoms with Crippen molar-refractivity contribution in [3.8, 4) is 16.9 Å². The fraction of sp³-hybridized carbons (Fsp3) is 0.207. The predicted molar refractivity (Wildman–Crippen MR) is 135 cm³/mol. The molecule has 0 heterocycles. The van der Waals surface area contributed by atoms with Gasteiger partial charge in [0.2, 0.25) is 0 Å². The summed E-state index contributed by atoms with van der Waals surface area (Å²) in [6.07, 6.45) is 0.613. The van der Waals surface area contributed by atoms with E-state index in [4.69, 9.17) is 21.4 Å². The predicted octanol–water partition coefficient (Wildman–Crippen LogP) is 7.51. The number of ether oxygens (including phenoxy) is 1. The van der Waals surface area contributed by atoms with Crippen LogP contribution in [0, 0.1) is 0 Å². The normalized spacial score (nSPS) is 11.5. The number of halogens is 1. The van der Waals surface area contributed by atoms with Crippen LogP contribution in [0.5, 0.6) is 5.75 Å². The average molecular weight is 459 g/mol. The van der Waals surface area contributed by atoms with Gasteiger partial charge in [0.15, 0.2) is 6.61 Å². The molecule has 4 rings (SSSR count). The number of rotatable bonds is 6. The minimum Gasteiger partial charge on any atom is -0.482 e. The zero-order valence-corrected chi connectivity index (χ0v) is 19.8. The first kappa shape index (κ1) is 22.9. The number of hydrogen-bond acceptors (Lipinski definition) is 2. The van der Waals surface area contributed by atoms with Crippen LogP contribution in [0.4, 0.5) is 0 Å². The van der Waals surface area contributed by atoms with E-state index in [2.05, 4.69) is 63.2 Å². The molecular formula is C29H27ClO3. The zero-order chi connectivity index (χ0) is 23.6. The maximum absolute atomic E-state index is 11.1. The number of fused-ring (bicyclic) bond motifs is 1. The highest BCUT2D eigenvalue weighted by molar-refractivity contribution is 6.33. The van der Waals surface area contributed by atoms with E-state index in [-0.39, 0.29) is 12.0 Å². The van der Waals surface area contributed by atoms with Crippen LogP contribution in [-0.4, -0.2) is 17.7 Å². The Morgan fingerprint density at radius 3 is 2.39 bits per heavy atom. The Morgan fingerprint density at radius 1 is 0.909 bits per heavy atom. The highest BCUT2D eigenvalue weighted by atomic mass is 35.5. The summed E-state index contributed by atoms with van der Waals surface area (Å²) in [5, 5.41) is 12.1. The second-order valence-electron chi connectivity index (χ2n) is 9.26. The van der Waals surface area contributed by atoms with Crippen LogP contribution >= 0.6 is 11.6 Å². The molecule has 0 aromatic heterocycles. The van der Waals surface area contributed by atoms with Crippen molar-refractivity contribution in [2.45, 2.75) is 32.6 Å². The first-order valence-electron chi connectivity index (χ1n) is 11.0. The third-order valence-electron chi connectivity index (χ3n) is 5.82. The molecule has 0 atom stereocenters. The molecule has 0 aliphatic heterocycles. The molecule has 0 aliphatic rings. The van der Waals surface area contributed by atoms with Crippen LogP contribution in [-0.2, 0) is 16.6 Å². The van der Waals surface area contributed by atoms with Crippen molar-refractivity contribution in [3.63, 3.8) is 0 Å². The van der Waals surface area contributed by atoms with Gasteiger partial charge in [-0.15, -0.1) is 0 Å². The van der Waals surface area contributed by atoms with Gasteiger partial charge in [0.1, 0.15) is 5.75 Å². The lowest BCUT2D eigenvalue weighted by Gasteiger charge is -2.20. The van der Waals surface area contributed by atoms with Crippen LogP contribution in [0.3, 0.4) is 0 Å². The third-order valence-corrected chi connectivity index (χ3v) is 6.13. The van der Waals surface area contributed by atoms with Crippen molar-refractivity contribution in [3.05, 3.63) is 101 Å². The van der Waals surface area contributed by atoms with E-state index in [1.165, 1.54) is 16.3 Å². The summed E-state index contributed by atoms with van der Waals surface area (Å²) in [7, 11) is 0. The molecule has 4 aromatic carbocycles. The van der Waals surface area contributed by atoms with Gasteiger partial charge in [-0.1, -0.05) is 93.0 Å². The van der Waals surface area contributed by atoms with Crippen molar-refractivity contribution in [2.24, 2.45) is 0 Å². The van der Waals surface area contributed by atoms with E-state index < -0.39 is 5.97 Å². The van der Waals surface area contributed by atoms with Gasteiger partial charge in [0.05, 0.1) is 0 Å². The van der Waals surface area contributed by atoms with Crippen molar-refractivity contribution < 1.29 is 14.6 Å². The summed E-state index contributed by atoms with van der Waals surface area (Å²) in [6, 6.07) is 26.5. The molecule has 4 aromatic rings. The number of carbonyl (C=O) groups is 1. The monoisotopic (exact) mass is 458 g/mol. The Labute approximate surface area is 199 Å². The van der Waals surface area contributed by atoms with Crippen molar-refractivity contribution in [1.82, 2.24) is 0 Å². The van der Waals surface area contributed by atoms with Gasteiger partial charge in [-0.05, 0) is 56.6 Å². The molecule has 1 N–H and O–H groups in total. The molecule has 0 saturated heterocycles. The largest absolute Gasteiger partial charge is 0.482 e. The Kier molecular flexibility index (Phi) is 6.44. The highest BCUT2D eigenvalue weighted by Gasteiger charge is 2.17. The number of aliphatic carboxylic acids is 1. The van der Waals surface area contributed by atoms with Crippen LogP contribution in [0.1, 0.15) is 37.5 Å².